The van der Waals surface area contributed by atoms with Crippen molar-refractivity contribution >= 4 is 23.4 Å². The van der Waals surface area contributed by atoms with E-state index in [4.69, 9.17) is 5.73 Å². The molecule has 2 atom stereocenters. The second-order valence-corrected chi connectivity index (χ2v) is 5.90. The third-order valence-corrected chi connectivity index (χ3v) is 4.34. The zero-order valence-corrected chi connectivity index (χ0v) is 12.6. The van der Waals surface area contributed by atoms with Crippen molar-refractivity contribution < 1.29 is 18.8 Å². The van der Waals surface area contributed by atoms with Gasteiger partial charge in [-0.05, 0) is 30.7 Å². The van der Waals surface area contributed by atoms with Crippen LogP contribution in [0, 0.1) is 0 Å². The Kier molecular flexibility index (Phi) is 4.02. The Morgan fingerprint density at radius 2 is 1.91 bits per heavy atom. The monoisotopic (exact) mass is 319 g/mol. The summed E-state index contributed by atoms with van der Waals surface area (Å²) < 4.78 is 13.5. The molecule has 2 heterocycles. The molecule has 0 aliphatic carbocycles. The first kappa shape index (κ1) is 15.5. The van der Waals surface area contributed by atoms with Gasteiger partial charge < -0.3 is 15.5 Å². The summed E-state index contributed by atoms with van der Waals surface area (Å²) >= 11 is 0. The van der Waals surface area contributed by atoms with Crippen LogP contribution in [0.15, 0.2) is 24.3 Å². The highest BCUT2D eigenvalue weighted by atomic mass is 19.1. The van der Waals surface area contributed by atoms with Crippen LogP contribution in [0.2, 0.25) is 0 Å². The summed E-state index contributed by atoms with van der Waals surface area (Å²) in [5, 5.41) is 0. The molecule has 2 aliphatic rings. The quantitative estimate of drug-likeness (QED) is 0.896. The summed E-state index contributed by atoms with van der Waals surface area (Å²) in [7, 11) is 0. The summed E-state index contributed by atoms with van der Waals surface area (Å²) in [5.41, 5.74) is 6.33. The molecule has 23 heavy (non-hydrogen) atoms. The number of likely N-dealkylation sites (tertiary alicyclic amines) is 1. The average molecular weight is 319 g/mol. The van der Waals surface area contributed by atoms with E-state index in [9.17, 15) is 18.8 Å². The van der Waals surface area contributed by atoms with E-state index in [2.05, 4.69) is 0 Å². The topological polar surface area (TPSA) is 83.7 Å². The molecule has 3 rings (SSSR count). The first-order valence-electron chi connectivity index (χ1n) is 7.62. The van der Waals surface area contributed by atoms with Crippen molar-refractivity contribution in [2.75, 3.05) is 18.0 Å². The molecule has 2 aliphatic heterocycles. The summed E-state index contributed by atoms with van der Waals surface area (Å²) in [6.07, 6.45) is 0.0671. The molecule has 6 nitrogen and oxygen atoms in total. The van der Waals surface area contributed by atoms with Gasteiger partial charge >= 0.3 is 0 Å². The van der Waals surface area contributed by atoms with E-state index in [1.54, 1.807) is 29.2 Å². The molecule has 0 radical (unpaired) electrons. The molecule has 122 valence electrons. The smallest absolute Gasteiger partial charge is 0.254 e. The largest absolute Gasteiger partial charge is 0.368 e. The number of carbonyl (C=O) groups excluding carboxylic acids is 3. The summed E-state index contributed by atoms with van der Waals surface area (Å²) in [4.78, 5) is 38.4. The van der Waals surface area contributed by atoms with E-state index in [1.165, 1.54) is 4.90 Å². The number of primary amides is 1. The average Bonchev–Trinajstić information content (AvgIpc) is 3.12. The van der Waals surface area contributed by atoms with Gasteiger partial charge in [-0.1, -0.05) is 0 Å². The molecule has 0 bridgehead atoms. The number of amides is 3. The SMILES string of the molecule is NC(=O)[C@@H]1C[C@@H](F)CN1C(=O)c1ccc(N2CCCC2=O)cc1. The summed E-state index contributed by atoms with van der Waals surface area (Å²) in [6.45, 7) is 0.546. The number of alkyl halides is 1. The van der Waals surface area contributed by atoms with Gasteiger partial charge in [-0.25, -0.2) is 4.39 Å². The van der Waals surface area contributed by atoms with Crippen molar-refractivity contribution in [1.29, 1.82) is 0 Å². The van der Waals surface area contributed by atoms with Gasteiger partial charge in [0, 0.05) is 30.6 Å². The third-order valence-electron chi connectivity index (χ3n) is 4.34. The molecule has 0 saturated carbocycles. The molecule has 0 aromatic heterocycles. The van der Waals surface area contributed by atoms with E-state index in [-0.39, 0.29) is 18.9 Å². The van der Waals surface area contributed by atoms with Gasteiger partial charge in [0.25, 0.3) is 5.91 Å². The molecule has 0 unspecified atom stereocenters. The van der Waals surface area contributed by atoms with Crippen molar-refractivity contribution in [2.24, 2.45) is 5.73 Å². The Morgan fingerprint density at radius 3 is 2.48 bits per heavy atom. The highest BCUT2D eigenvalue weighted by Crippen LogP contribution is 2.25. The van der Waals surface area contributed by atoms with Crippen molar-refractivity contribution in [3.63, 3.8) is 0 Å². The van der Waals surface area contributed by atoms with Gasteiger partial charge in [0.05, 0.1) is 6.54 Å². The molecule has 1 aromatic carbocycles. The Labute approximate surface area is 133 Å². The van der Waals surface area contributed by atoms with Crippen molar-refractivity contribution in [3.05, 3.63) is 29.8 Å². The molecule has 7 heteroatoms. The van der Waals surface area contributed by atoms with Gasteiger partial charge in [0.1, 0.15) is 12.2 Å². The van der Waals surface area contributed by atoms with Gasteiger partial charge in [-0.3, -0.25) is 14.4 Å². The van der Waals surface area contributed by atoms with Crippen LogP contribution in [0.4, 0.5) is 10.1 Å². The fourth-order valence-corrected chi connectivity index (χ4v) is 3.15. The number of hydrogen-bond donors (Lipinski definition) is 1. The normalized spacial score (nSPS) is 24.3. The van der Waals surface area contributed by atoms with Crippen molar-refractivity contribution in [1.82, 2.24) is 4.90 Å². The predicted octanol–water partition coefficient (Wildman–Crippen LogP) is 0.851. The maximum atomic E-state index is 13.5. The number of nitrogens with zero attached hydrogens (tertiary/aromatic N) is 2. The van der Waals surface area contributed by atoms with Gasteiger partial charge in [0.15, 0.2) is 0 Å². The number of anilines is 1. The zero-order chi connectivity index (χ0) is 16.6. The second-order valence-electron chi connectivity index (χ2n) is 5.90. The number of benzene rings is 1. The summed E-state index contributed by atoms with van der Waals surface area (Å²) in [6, 6.07) is 5.66. The molecular formula is C16H18FN3O3. The number of nitrogens with two attached hydrogens (primary N) is 1. The molecular weight excluding hydrogens is 301 g/mol. The first-order valence-corrected chi connectivity index (χ1v) is 7.62. The van der Waals surface area contributed by atoms with Crippen LogP contribution < -0.4 is 10.6 Å². The third kappa shape index (κ3) is 2.91. The summed E-state index contributed by atoms with van der Waals surface area (Å²) in [5.74, 6) is -1.05. The minimum absolute atomic E-state index is 0.0541. The van der Waals surface area contributed by atoms with Crippen molar-refractivity contribution in [3.8, 4) is 0 Å². The van der Waals surface area contributed by atoms with Crippen molar-refractivity contribution in [2.45, 2.75) is 31.5 Å². The highest BCUT2D eigenvalue weighted by Gasteiger charge is 2.39. The number of carbonyl (C=O) groups is 3. The van der Waals surface area contributed by atoms with Crippen LogP contribution in [-0.2, 0) is 9.59 Å². The van der Waals surface area contributed by atoms with Crippen LogP contribution >= 0.6 is 0 Å². The van der Waals surface area contributed by atoms with Crippen LogP contribution in [0.25, 0.3) is 0 Å². The number of hydrogen-bond acceptors (Lipinski definition) is 3. The lowest BCUT2D eigenvalue weighted by molar-refractivity contribution is -0.121. The Balaban J connectivity index is 1.77. The fraction of sp³-hybridized carbons (Fsp3) is 0.438. The first-order chi connectivity index (χ1) is 11.0. The van der Waals surface area contributed by atoms with E-state index < -0.39 is 24.0 Å². The Hall–Kier alpha value is -2.44. The Morgan fingerprint density at radius 1 is 1.22 bits per heavy atom. The maximum Gasteiger partial charge on any atom is 0.254 e. The molecule has 1 aromatic rings. The molecule has 2 fully saturated rings. The van der Waals surface area contributed by atoms with Crippen LogP contribution in [0.5, 0.6) is 0 Å². The molecule has 2 saturated heterocycles. The van der Waals surface area contributed by atoms with E-state index in [0.717, 1.165) is 12.1 Å². The lowest BCUT2D eigenvalue weighted by Gasteiger charge is -2.22. The predicted molar refractivity (Wildman–Crippen MR) is 81.6 cm³/mol. The van der Waals surface area contributed by atoms with E-state index in [1.807, 2.05) is 0 Å². The number of rotatable bonds is 3. The molecule has 0 spiro atoms. The lowest BCUT2D eigenvalue weighted by atomic mass is 10.1. The van der Waals surface area contributed by atoms with Gasteiger partial charge in [-0.15, -0.1) is 0 Å². The minimum atomic E-state index is -1.24. The highest BCUT2D eigenvalue weighted by molar-refractivity contribution is 5.99. The maximum absolute atomic E-state index is 13.5. The van der Waals surface area contributed by atoms with E-state index in [0.29, 0.717) is 18.5 Å². The number of halogens is 1. The molecule has 3 amide bonds. The fourth-order valence-electron chi connectivity index (χ4n) is 3.15. The van der Waals surface area contributed by atoms with E-state index >= 15 is 0 Å². The van der Waals surface area contributed by atoms with Gasteiger partial charge in [-0.2, -0.15) is 0 Å². The minimum Gasteiger partial charge on any atom is -0.368 e. The lowest BCUT2D eigenvalue weighted by Crippen LogP contribution is -2.43. The second kappa shape index (κ2) is 5.98. The van der Waals surface area contributed by atoms with Crippen LogP contribution in [0.3, 0.4) is 0 Å². The van der Waals surface area contributed by atoms with Crippen LogP contribution in [-0.4, -0.2) is 47.9 Å². The van der Waals surface area contributed by atoms with Crippen LogP contribution in [0.1, 0.15) is 29.6 Å². The molecule has 2 N–H and O–H groups in total. The Bertz CT molecular complexity index is 646. The zero-order valence-electron chi connectivity index (χ0n) is 12.6. The van der Waals surface area contributed by atoms with Gasteiger partial charge in [0.2, 0.25) is 11.8 Å². The standard InChI is InChI=1S/C16H18FN3O3/c17-11-8-13(15(18)22)20(9-11)16(23)10-3-5-12(6-4-10)19-7-1-2-14(19)21/h3-6,11,13H,1-2,7-9H2,(H2,18,22)/t11-,13+/m1/s1.